The lowest BCUT2D eigenvalue weighted by atomic mass is 10.0. The molecular weight excluding hydrogens is 410 g/mol. The van der Waals surface area contributed by atoms with E-state index in [4.69, 9.17) is 0 Å². The monoisotopic (exact) mass is 435 g/mol. The van der Waals surface area contributed by atoms with Crippen LogP contribution >= 0.6 is 0 Å². The van der Waals surface area contributed by atoms with Crippen molar-refractivity contribution in [3.8, 4) is 0 Å². The molecule has 0 saturated carbocycles. The number of carbonyl (C=O) groups is 1. The second kappa shape index (κ2) is 8.86. The van der Waals surface area contributed by atoms with E-state index in [0.29, 0.717) is 37.4 Å². The van der Waals surface area contributed by atoms with Crippen molar-refractivity contribution in [2.24, 2.45) is 0 Å². The van der Waals surface area contributed by atoms with E-state index >= 15 is 0 Å². The number of hydrogen-bond acceptors (Lipinski definition) is 3. The van der Waals surface area contributed by atoms with Gasteiger partial charge in [0, 0.05) is 56.6 Å². The van der Waals surface area contributed by atoms with Crippen molar-refractivity contribution in [2.75, 3.05) is 44.2 Å². The van der Waals surface area contributed by atoms with Gasteiger partial charge in [0.1, 0.15) is 5.82 Å². The number of amides is 1. The molecule has 2 aliphatic rings. The third kappa shape index (κ3) is 5.01. The highest BCUT2D eigenvalue weighted by Gasteiger charge is 2.33. The van der Waals surface area contributed by atoms with Crippen LogP contribution < -0.4 is 4.90 Å². The fourth-order valence-electron chi connectivity index (χ4n) is 4.47. The summed E-state index contributed by atoms with van der Waals surface area (Å²) in [5.74, 6) is -0.586. The summed E-state index contributed by atoms with van der Waals surface area (Å²) in [6.07, 6.45) is -2.51. The minimum atomic E-state index is -4.35. The number of piperazine rings is 1. The fraction of sp³-hybridized carbons (Fsp3) is 0.435. The number of likely N-dealkylation sites (tertiary alicyclic amines) is 1. The molecule has 166 valence electrons. The molecule has 0 bridgehead atoms. The second-order valence-electron chi connectivity index (χ2n) is 8.13. The quantitative estimate of drug-likeness (QED) is 0.674. The predicted molar refractivity (Wildman–Crippen MR) is 111 cm³/mol. The molecule has 1 amide bonds. The molecule has 0 radical (unpaired) electrons. The highest BCUT2D eigenvalue weighted by atomic mass is 19.4. The van der Waals surface area contributed by atoms with E-state index in [1.807, 2.05) is 4.90 Å². The lowest BCUT2D eigenvalue weighted by molar-refractivity contribution is -0.137. The lowest BCUT2D eigenvalue weighted by Gasteiger charge is -2.44. The summed E-state index contributed by atoms with van der Waals surface area (Å²) in [6.45, 7) is 3.95. The van der Waals surface area contributed by atoms with Crippen molar-refractivity contribution in [2.45, 2.75) is 25.1 Å². The SMILES string of the molecule is O=C(c1cccc(F)c1)N1CCCC(N2CCN(c3cccc(C(F)(F)F)c3)CC2)C1. The Kier molecular flexibility index (Phi) is 6.18. The summed E-state index contributed by atoms with van der Waals surface area (Å²) in [5, 5.41) is 0. The molecule has 2 heterocycles. The molecule has 2 aromatic rings. The number of carbonyl (C=O) groups excluding carboxylic acids is 1. The molecule has 4 rings (SSSR count). The van der Waals surface area contributed by atoms with Gasteiger partial charge in [0.2, 0.25) is 0 Å². The zero-order chi connectivity index (χ0) is 22.0. The molecule has 0 N–H and O–H groups in total. The van der Waals surface area contributed by atoms with Gasteiger partial charge in [-0.3, -0.25) is 9.69 Å². The first-order chi connectivity index (χ1) is 14.8. The summed E-state index contributed by atoms with van der Waals surface area (Å²) >= 11 is 0. The zero-order valence-corrected chi connectivity index (χ0v) is 17.1. The maximum atomic E-state index is 13.5. The second-order valence-corrected chi connectivity index (χ2v) is 8.13. The Morgan fingerprint density at radius 3 is 2.39 bits per heavy atom. The van der Waals surface area contributed by atoms with Gasteiger partial charge in [0.05, 0.1) is 5.56 Å². The predicted octanol–water partition coefficient (Wildman–Crippen LogP) is 4.27. The Hall–Kier alpha value is -2.61. The van der Waals surface area contributed by atoms with E-state index < -0.39 is 17.6 Å². The highest BCUT2D eigenvalue weighted by molar-refractivity contribution is 5.94. The number of alkyl halides is 3. The van der Waals surface area contributed by atoms with Crippen LogP contribution in [0, 0.1) is 5.82 Å². The largest absolute Gasteiger partial charge is 0.416 e. The van der Waals surface area contributed by atoms with Crippen LogP contribution in [0.25, 0.3) is 0 Å². The van der Waals surface area contributed by atoms with E-state index in [1.54, 1.807) is 17.0 Å². The first kappa shape index (κ1) is 21.6. The van der Waals surface area contributed by atoms with Crippen LogP contribution in [0.3, 0.4) is 0 Å². The average Bonchev–Trinajstić information content (AvgIpc) is 2.78. The number of nitrogens with zero attached hydrogens (tertiary/aromatic N) is 3. The van der Waals surface area contributed by atoms with Crippen molar-refractivity contribution < 1.29 is 22.4 Å². The van der Waals surface area contributed by atoms with Gasteiger partial charge in [-0.1, -0.05) is 12.1 Å². The van der Waals surface area contributed by atoms with Crippen LogP contribution in [0.5, 0.6) is 0 Å². The molecule has 0 spiro atoms. The Balaban J connectivity index is 1.36. The topological polar surface area (TPSA) is 26.8 Å². The van der Waals surface area contributed by atoms with Gasteiger partial charge < -0.3 is 9.80 Å². The van der Waals surface area contributed by atoms with Crippen LogP contribution in [0.1, 0.15) is 28.8 Å². The lowest BCUT2D eigenvalue weighted by Crippen LogP contribution is -2.55. The number of piperidine rings is 1. The van der Waals surface area contributed by atoms with E-state index in [2.05, 4.69) is 4.90 Å². The summed E-state index contributed by atoms with van der Waals surface area (Å²) < 4.78 is 52.5. The molecule has 8 heteroatoms. The minimum Gasteiger partial charge on any atom is -0.369 e. The molecule has 31 heavy (non-hydrogen) atoms. The van der Waals surface area contributed by atoms with Gasteiger partial charge >= 0.3 is 6.18 Å². The van der Waals surface area contributed by atoms with Crippen molar-refractivity contribution in [1.29, 1.82) is 0 Å². The maximum Gasteiger partial charge on any atom is 0.416 e. The summed E-state index contributed by atoms with van der Waals surface area (Å²) in [7, 11) is 0. The van der Waals surface area contributed by atoms with Crippen molar-refractivity contribution in [1.82, 2.24) is 9.80 Å². The molecule has 0 aromatic heterocycles. The number of rotatable bonds is 3. The smallest absolute Gasteiger partial charge is 0.369 e. The molecule has 1 atom stereocenters. The minimum absolute atomic E-state index is 0.160. The fourth-order valence-corrected chi connectivity index (χ4v) is 4.47. The van der Waals surface area contributed by atoms with Crippen molar-refractivity contribution in [3.05, 3.63) is 65.5 Å². The van der Waals surface area contributed by atoms with Gasteiger partial charge in [-0.05, 0) is 49.2 Å². The van der Waals surface area contributed by atoms with Gasteiger partial charge in [-0.15, -0.1) is 0 Å². The van der Waals surface area contributed by atoms with Crippen LogP contribution in [-0.4, -0.2) is 61.0 Å². The van der Waals surface area contributed by atoms with Crippen LogP contribution in [0.15, 0.2) is 48.5 Å². The standard InChI is InChI=1S/C23H25F4N3O/c24-19-6-1-4-17(14-19)22(31)30-9-3-8-21(16-30)29-12-10-28(11-13-29)20-7-2-5-18(15-20)23(25,26)27/h1-2,4-7,14-15,21H,3,8-13,16H2. The first-order valence-corrected chi connectivity index (χ1v) is 10.5. The Morgan fingerprint density at radius 1 is 0.935 bits per heavy atom. The summed E-state index contributed by atoms with van der Waals surface area (Å²) in [6, 6.07) is 11.4. The molecule has 0 aliphatic carbocycles. The van der Waals surface area contributed by atoms with Gasteiger partial charge in [0.15, 0.2) is 0 Å². The van der Waals surface area contributed by atoms with E-state index in [-0.39, 0.29) is 11.9 Å². The number of hydrogen-bond donors (Lipinski definition) is 0. The number of halogens is 4. The Labute approximate surface area is 179 Å². The van der Waals surface area contributed by atoms with Crippen molar-refractivity contribution >= 4 is 11.6 Å². The first-order valence-electron chi connectivity index (χ1n) is 10.5. The molecule has 1 unspecified atom stereocenters. The van der Waals surface area contributed by atoms with Crippen LogP contribution in [-0.2, 0) is 6.18 Å². The van der Waals surface area contributed by atoms with E-state index in [9.17, 15) is 22.4 Å². The maximum absolute atomic E-state index is 13.5. The molecule has 4 nitrogen and oxygen atoms in total. The third-order valence-electron chi connectivity index (χ3n) is 6.12. The molecule has 2 aromatic carbocycles. The Morgan fingerprint density at radius 2 is 1.68 bits per heavy atom. The number of anilines is 1. The highest BCUT2D eigenvalue weighted by Crippen LogP contribution is 2.32. The third-order valence-corrected chi connectivity index (χ3v) is 6.12. The average molecular weight is 435 g/mol. The van der Waals surface area contributed by atoms with Gasteiger partial charge in [-0.2, -0.15) is 13.2 Å². The zero-order valence-electron chi connectivity index (χ0n) is 17.1. The summed E-state index contributed by atoms with van der Waals surface area (Å²) in [5.41, 5.74) is 0.308. The van der Waals surface area contributed by atoms with Gasteiger partial charge in [-0.25, -0.2) is 4.39 Å². The normalized spacial score (nSPS) is 20.7. The molecule has 2 fully saturated rings. The van der Waals surface area contributed by atoms with E-state index in [0.717, 1.165) is 32.0 Å². The molecular formula is C23H25F4N3O. The Bertz CT molecular complexity index is 925. The van der Waals surface area contributed by atoms with Crippen molar-refractivity contribution in [3.63, 3.8) is 0 Å². The number of benzene rings is 2. The molecule has 2 saturated heterocycles. The van der Waals surface area contributed by atoms with Crippen LogP contribution in [0.2, 0.25) is 0 Å². The van der Waals surface area contributed by atoms with Crippen LogP contribution in [0.4, 0.5) is 23.2 Å². The molecule has 2 aliphatic heterocycles. The van der Waals surface area contributed by atoms with E-state index in [1.165, 1.54) is 30.3 Å². The summed E-state index contributed by atoms with van der Waals surface area (Å²) in [4.78, 5) is 18.8. The van der Waals surface area contributed by atoms with Gasteiger partial charge in [0.25, 0.3) is 5.91 Å².